The molecule has 1 aromatic heterocycles. The number of halogens is 1. The second-order valence-electron chi connectivity index (χ2n) is 6.88. The van der Waals surface area contributed by atoms with Crippen LogP contribution in [0.4, 0.5) is 5.82 Å². The van der Waals surface area contributed by atoms with Crippen LogP contribution in [-0.2, 0) is 19.3 Å². The molecule has 1 aromatic rings. The van der Waals surface area contributed by atoms with Gasteiger partial charge in [-0.1, -0.05) is 6.92 Å². The van der Waals surface area contributed by atoms with Crippen LogP contribution in [0, 0.1) is 0 Å². The minimum atomic E-state index is -3.26. The first-order chi connectivity index (χ1) is 11.9. The number of nitrogens with one attached hydrogen (secondary N) is 1. The fraction of sp³-hybridized carbons (Fsp3) is 0.706. The SMILES string of the molecule is CC[C@H]1COCCN1c1cc(C2(S(C)(=O)=O)CCNCC2)cc(Br)n1. The van der Waals surface area contributed by atoms with Crippen LogP contribution >= 0.6 is 15.9 Å². The van der Waals surface area contributed by atoms with Crippen LogP contribution in [0.25, 0.3) is 0 Å². The summed E-state index contributed by atoms with van der Waals surface area (Å²) in [5.74, 6) is 0.834. The van der Waals surface area contributed by atoms with E-state index in [-0.39, 0.29) is 6.04 Å². The van der Waals surface area contributed by atoms with E-state index in [2.05, 4.69) is 38.1 Å². The lowest BCUT2D eigenvalue weighted by atomic mass is 9.89. The van der Waals surface area contributed by atoms with Crippen LogP contribution in [0.2, 0.25) is 0 Å². The highest BCUT2D eigenvalue weighted by Crippen LogP contribution is 2.40. The molecule has 3 heterocycles. The Morgan fingerprint density at radius 1 is 1.40 bits per heavy atom. The Balaban J connectivity index is 2.06. The molecule has 25 heavy (non-hydrogen) atoms. The van der Waals surface area contributed by atoms with E-state index in [1.165, 1.54) is 6.26 Å². The van der Waals surface area contributed by atoms with E-state index in [0.29, 0.717) is 43.7 Å². The van der Waals surface area contributed by atoms with Crippen molar-refractivity contribution < 1.29 is 13.2 Å². The van der Waals surface area contributed by atoms with E-state index in [4.69, 9.17) is 4.74 Å². The third kappa shape index (κ3) is 3.72. The first-order valence-electron chi connectivity index (χ1n) is 8.80. The molecule has 2 saturated heterocycles. The molecule has 8 heteroatoms. The van der Waals surface area contributed by atoms with Crippen molar-refractivity contribution in [1.29, 1.82) is 0 Å². The van der Waals surface area contributed by atoms with Gasteiger partial charge in [-0.25, -0.2) is 13.4 Å². The zero-order chi connectivity index (χ0) is 18.1. The molecule has 0 saturated carbocycles. The van der Waals surface area contributed by atoms with Crippen LogP contribution in [0.1, 0.15) is 31.7 Å². The first kappa shape index (κ1) is 19.1. The minimum absolute atomic E-state index is 0.269. The van der Waals surface area contributed by atoms with Crippen molar-refractivity contribution in [3.8, 4) is 0 Å². The number of piperidine rings is 1. The molecule has 0 bridgehead atoms. The fourth-order valence-electron chi connectivity index (χ4n) is 3.89. The number of rotatable bonds is 4. The number of hydrogen-bond donors (Lipinski definition) is 1. The lowest BCUT2D eigenvalue weighted by Gasteiger charge is -2.39. The van der Waals surface area contributed by atoms with Crippen LogP contribution in [0.3, 0.4) is 0 Å². The highest BCUT2D eigenvalue weighted by atomic mass is 79.9. The summed E-state index contributed by atoms with van der Waals surface area (Å²) in [4.78, 5) is 6.89. The zero-order valence-electron chi connectivity index (χ0n) is 14.8. The molecule has 0 aromatic carbocycles. The number of sulfone groups is 1. The summed E-state index contributed by atoms with van der Waals surface area (Å²) in [7, 11) is -3.26. The van der Waals surface area contributed by atoms with Crippen molar-refractivity contribution in [2.75, 3.05) is 44.0 Å². The van der Waals surface area contributed by atoms with E-state index in [1.54, 1.807) is 0 Å². The monoisotopic (exact) mass is 431 g/mol. The third-order valence-electron chi connectivity index (χ3n) is 5.42. The normalized spacial score (nSPS) is 24.3. The predicted octanol–water partition coefficient (Wildman–Crippen LogP) is 2.08. The second-order valence-corrected chi connectivity index (χ2v) is 10.0. The molecule has 0 aliphatic carbocycles. The molecule has 0 spiro atoms. The maximum Gasteiger partial charge on any atom is 0.157 e. The maximum atomic E-state index is 12.7. The highest BCUT2D eigenvalue weighted by Gasteiger charge is 2.44. The van der Waals surface area contributed by atoms with Crippen molar-refractivity contribution in [3.63, 3.8) is 0 Å². The van der Waals surface area contributed by atoms with Crippen molar-refractivity contribution >= 4 is 31.6 Å². The van der Waals surface area contributed by atoms with Crippen molar-refractivity contribution in [1.82, 2.24) is 10.3 Å². The van der Waals surface area contributed by atoms with Gasteiger partial charge < -0.3 is 15.0 Å². The number of ether oxygens (including phenoxy) is 1. The van der Waals surface area contributed by atoms with Gasteiger partial charge in [-0.15, -0.1) is 0 Å². The summed E-state index contributed by atoms with van der Waals surface area (Å²) in [6.45, 7) is 5.67. The maximum absolute atomic E-state index is 12.7. The molecular weight excluding hydrogens is 406 g/mol. The molecule has 3 rings (SSSR count). The summed E-state index contributed by atoms with van der Waals surface area (Å²) in [5.41, 5.74) is 0.842. The Morgan fingerprint density at radius 3 is 2.76 bits per heavy atom. The Kier molecular flexibility index (Phi) is 5.72. The molecule has 2 aliphatic rings. The molecule has 2 aliphatic heterocycles. The number of pyridine rings is 1. The summed E-state index contributed by atoms with van der Waals surface area (Å²) in [6, 6.07) is 4.12. The Bertz CT molecular complexity index is 720. The van der Waals surface area contributed by atoms with Gasteiger partial charge in [0.25, 0.3) is 0 Å². The van der Waals surface area contributed by atoms with E-state index in [0.717, 1.165) is 24.3 Å². The topological polar surface area (TPSA) is 71.5 Å². The lowest BCUT2D eigenvalue weighted by Crippen LogP contribution is -2.47. The van der Waals surface area contributed by atoms with Crippen LogP contribution in [0.5, 0.6) is 0 Å². The largest absolute Gasteiger partial charge is 0.377 e. The highest BCUT2D eigenvalue weighted by molar-refractivity contribution is 9.10. The van der Waals surface area contributed by atoms with Crippen LogP contribution in [0.15, 0.2) is 16.7 Å². The molecule has 1 N–H and O–H groups in total. The summed E-state index contributed by atoms with van der Waals surface area (Å²) < 4.78 is 30.9. The van der Waals surface area contributed by atoms with E-state index >= 15 is 0 Å². The molecule has 140 valence electrons. The summed E-state index contributed by atoms with van der Waals surface area (Å²) >= 11 is 3.50. The van der Waals surface area contributed by atoms with Gasteiger partial charge >= 0.3 is 0 Å². The van der Waals surface area contributed by atoms with Gasteiger partial charge in [0.05, 0.1) is 24.0 Å². The van der Waals surface area contributed by atoms with E-state index < -0.39 is 14.6 Å². The van der Waals surface area contributed by atoms with Gasteiger partial charge in [-0.3, -0.25) is 0 Å². The van der Waals surface area contributed by atoms with Gasteiger partial charge in [0.1, 0.15) is 10.4 Å². The Hall–Kier alpha value is -0.700. The molecule has 0 unspecified atom stereocenters. The molecule has 2 fully saturated rings. The van der Waals surface area contributed by atoms with Gasteiger partial charge in [-0.2, -0.15) is 0 Å². The van der Waals surface area contributed by atoms with Crippen molar-refractivity contribution in [3.05, 3.63) is 22.3 Å². The molecule has 0 radical (unpaired) electrons. The lowest BCUT2D eigenvalue weighted by molar-refractivity contribution is 0.0925. The van der Waals surface area contributed by atoms with E-state index in [9.17, 15) is 8.42 Å². The third-order valence-corrected chi connectivity index (χ3v) is 7.89. The summed E-state index contributed by atoms with van der Waals surface area (Å²) in [6.07, 6.45) is 3.49. The Labute approximate surface area is 158 Å². The fourth-order valence-corrected chi connectivity index (χ4v) is 5.81. The number of nitrogens with zero attached hydrogens (tertiary/aromatic N) is 2. The minimum Gasteiger partial charge on any atom is -0.377 e. The number of morpholine rings is 1. The molecular formula is C17H26BrN3O3S. The Morgan fingerprint density at radius 2 is 2.12 bits per heavy atom. The van der Waals surface area contributed by atoms with Crippen LogP contribution in [-0.4, -0.2) is 58.5 Å². The quantitative estimate of drug-likeness (QED) is 0.735. The average molecular weight is 432 g/mol. The van der Waals surface area contributed by atoms with Crippen LogP contribution < -0.4 is 10.2 Å². The summed E-state index contributed by atoms with van der Waals surface area (Å²) in [5, 5.41) is 3.27. The smallest absolute Gasteiger partial charge is 0.157 e. The zero-order valence-corrected chi connectivity index (χ0v) is 17.2. The predicted molar refractivity (Wildman–Crippen MR) is 103 cm³/mol. The number of hydrogen-bond acceptors (Lipinski definition) is 6. The molecule has 1 atom stereocenters. The van der Waals surface area contributed by atoms with Gasteiger partial charge in [0, 0.05) is 12.8 Å². The first-order valence-corrected chi connectivity index (χ1v) is 11.5. The standard InChI is InChI=1S/C17H26BrN3O3S/c1-3-14-12-24-9-8-21(14)16-11-13(10-15(18)20-16)17(25(2,22)23)4-6-19-7-5-17/h10-11,14,19H,3-9,12H2,1-2H3/t14-/m0/s1. The number of anilines is 1. The number of aromatic nitrogens is 1. The average Bonchev–Trinajstić information content (AvgIpc) is 2.61. The van der Waals surface area contributed by atoms with Crippen molar-refractivity contribution in [2.24, 2.45) is 0 Å². The molecule has 6 nitrogen and oxygen atoms in total. The van der Waals surface area contributed by atoms with E-state index in [1.807, 2.05) is 12.1 Å². The van der Waals surface area contributed by atoms with Gasteiger partial charge in [0.15, 0.2) is 9.84 Å². The second kappa shape index (κ2) is 7.50. The van der Waals surface area contributed by atoms with Gasteiger partial charge in [0.2, 0.25) is 0 Å². The van der Waals surface area contributed by atoms with Crippen molar-refractivity contribution in [2.45, 2.75) is 37.0 Å². The van der Waals surface area contributed by atoms with Gasteiger partial charge in [-0.05, 0) is 66.0 Å². The molecule has 0 amide bonds.